The zero-order chi connectivity index (χ0) is 18.5. The van der Waals surface area contributed by atoms with Gasteiger partial charge in [0.2, 0.25) is 0 Å². The van der Waals surface area contributed by atoms with E-state index < -0.39 is 6.61 Å². The Morgan fingerprint density at radius 2 is 2.11 bits per heavy atom. The number of nitrogens with zero attached hydrogens (tertiary/aromatic N) is 5. The largest absolute Gasteiger partial charge is 0.434 e. The van der Waals surface area contributed by atoms with E-state index in [9.17, 15) is 8.78 Å². The lowest BCUT2D eigenvalue weighted by atomic mass is 10.1. The summed E-state index contributed by atoms with van der Waals surface area (Å²) in [5.74, 6) is 0.398. The fourth-order valence-corrected chi connectivity index (χ4v) is 4.75. The van der Waals surface area contributed by atoms with Crippen molar-refractivity contribution in [2.75, 3.05) is 13.6 Å². The van der Waals surface area contributed by atoms with Gasteiger partial charge >= 0.3 is 6.61 Å². The molecule has 0 radical (unpaired) electrons. The number of thiophene rings is 1. The van der Waals surface area contributed by atoms with Crippen LogP contribution < -0.4 is 4.74 Å². The average molecular weight is 387 g/mol. The molecule has 9 heteroatoms. The molecule has 1 aliphatic heterocycles. The molecule has 0 atom stereocenters. The molecule has 1 aromatic carbocycles. The minimum absolute atomic E-state index is 0.0570. The molecule has 138 valence electrons. The van der Waals surface area contributed by atoms with Crippen molar-refractivity contribution in [3.63, 3.8) is 0 Å². The Morgan fingerprint density at radius 3 is 2.96 bits per heavy atom. The molecule has 0 N–H and O–H groups in total. The van der Waals surface area contributed by atoms with E-state index in [1.807, 2.05) is 0 Å². The topological polar surface area (TPSA) is 55.6 Å². The summed E-state index contributed by atoms with van der Waals surface area (Å²) in [7, 11) is 2.10. The first-order valence-corrected chi connectivity index (χ1v) is 9.30. The Kier molecular flexibility index (Phi) is 3.80. The smallest absolute Gasteiger partial charge is 0.387 e. The average Bonchev–Trinajstić information content (AvgIpc) is 3.21. The van der Waals surface area contributed by atoms with E-state index in [-0.39, 0.29) is 5.75 Å². The van der Waals surface area contributed by atoms with Crippen LogP contribution in [0.15, 0.2) is 30.6 Å². The molecule has 6 nitrogen and oxygen atoms in total. The molecular formula is C18H15F2N5OS. The molecule has 4 heterocycles. The molecule has 27 heavy (non-hydrogen) atoms. The first kappa shape index (κ1) is 16.5. The minimum atomic E-state index is -2.91. The summed E-state index contributed by atoms with van der Waals surface area (Å²) in [4.78, 5) is 13.7. The molecule has 0 amide bonds. The van der Waals surface area contributed by atoms with Crippen LogP contribution in [0, 0.1) is 0 Å². The predicted octanol–water partition coefficient (Wildman–Crippen LogP) is 3.60. The third-order valence-corrected chi connectivity index (χ3v) is 5.84. The number of halogens is 2. The number of ether oxygens (including phenoxy) is 1. The van der Waals surface area contributed by atoms with Gasteiger partial charge in [-0.3, -0.25) is 0 Å². The highest BCUT2D eigenvalue weighted by molar-refractivity contribution is 7.19. The summed E-state index contributed by atoms with van der Waals surface area (Å²) in [5, 5.41) is 5.47. The summed E-state index contributed by atoms with van der Waals surface area (Å²) in [6.07, 6.45) is 2.55. The lowest BCUT2D eigenvalue weighted by Crippen LogP contribution is -2.25. The monoisotopic (exact) mass is 387 g/mol. The first-order valence-electron chi connectivity index (χ1n) is 8.48. The van der Waals surface area contributed by atoms with Crippen molar-refractivity contribution >= 4 is 27.2 Å². The van der Waals surface area contributed by atoms with Crippen LogP contribution in [0.25, 0.3) is 27.3 Å². The van der Waals surface area contributed by atoms with Gasteiger partial charge in [-0.25, -0.2) is 14.5 Å². The second kappa shape index (κ2) is 6.21. The Labute approximate surface area is 157 Å². The predicted molar refractivity (Wildman–Crippen MR) is 98.3 cm³/mol. The van der Waals surface area contributed by atoms with Crippen molar-refractivity contribution in [3.05, 3.63) is 41.0 Å². The van der Waals surface area contributed by atoms with Crippen LogP contribution in [0.3, 0.4) is 0 Å². The molecule has 0 fully saturated rings. The van der Waals surface area contributed by atoms with Crippen LogP contribution >= 0.6 is 11.3 Å². The van der Waals surface area contributed by atoms with Crippen molar-refractivity contribution < 1.29 is 13.5 Å². The lowest BCUT2D eigenvalue weighted by Gasteiger charge is -2.21. The molecule has 3 aromatic heterocycles. The molecular weight excluding hydrogens is 372 g/mol. The maximum absolute atomic E-state index is 12.7. The quantitative estimate of drug-likeness (QED) is 0.538. The van der Waals surface area contributed by atoms with Gasteiger partial charge < -0.3 is 9.64 Å². The second-order valence-electron chi connectivity index (χ2n) is 6.49. The maximum atomic E-state index is 12.7. The standard InChI is InChI=1S/C18H15F2N5OS/c1-24-7-6-11-13(8-24)27-17-14(11)16-22-15(23-25(16)9-21-17)10-4-2-3-5-12(10)26-18(19)20/h2-5,9,18H,6-8H2,1H3. The van der Waals surface area contributed by atoms with E-state index >= 15 is 0 Å². The van der Waals surface area contributed by atoms with Crippen molar-refractivity contribution in [2.45, 2.75) is 19.6 Å². The van der Waals surface area contributed by atoms with Gasteiger partial charge in [-0.15, -0.1) is 16.4 Å². The van der Waals surface area contributed by atoms with Gasteiger partial charge in [0, 0.05) is 18.0 Å². The summed E-state index contributed by atoms with van der Waals surface area (Å²) in [6.45, 7) is -1.03. The number of alkyl halides is 2. The zero-order valence-corrected chi connectivity index (χ0v) is 15.2. The second-order valence-corrected chi connectivity index (χ2v) is 7.58. The molecule has 5 rings (SSSR count). The van der Waals surface area contributed by atoms with Crippen LogP contribution in [0.4, 0.5) is 8.78 Å². The minimum Gasteiger partial charge on any atom is -0.434 e. The molecule has 0 spiro atoms. The summed E-state index contributed by atoms with van der Waals surface area (Å²) in [6, 6.07) is 6.55. The molecule has 0 unspecified atom stereocenters. The normalized spacial score (nSPS) is 15.0. The third-order valence-electron chi connectivity index (χ3n) is 4.71. The number of hydrogen-bond acceptors (Lipinski definition) is 6. The Hall–Kier alpha value is -2.65. The van der Waals surface area contributed by atoms with Crippen molar-refractivity contribution in [3.8, 4) is 17.1 Å². The number of benzene rings is 1. The van der Waals surface area contributed by atoms with Gasteiger partial charge in [0.25, 0.3) is 0 Å². The van der Waals surface area contributed by atoms with Gasteiger partial charge in [0.05, 0.1) is 10.9 Å². The third kappa shape index (κ3) is 2.74. The highest BCUT2D eigenvalue weighted by Crippen LogP contribution is 2.36. The van der Waals surface area contributed by atoms with Gasteiger partial charge in [0.15, 0.2) is 11.5 Å². The van der Waals surface area contributed by atoms with Gasteiger partial charge in [0.1, 0.15) is 16.9 Å². The first-order chi connectivity index (χ1) is 13.1. The van der Waals surface area contributed by atoms with Crippen LogP contribution in [0.2, 0.25) is 0 Å². The van der Waals surface area contributed by atoms with Crippen LogP contribution in [0.5, 0.6) is 5.75 Å². The fourth-order valence-electron chi connectivity index (χ4n) is 3.48. The zero-order valence-electron chi connectivity index (χ0n) is 14.4. The van der Waals surface area contributed by atoms with E-state index in [0.29, 0.717) is 17.0 Å². The van der Waals surface area contributed by atoms with Gasteiger partial charge in [-0.1, -0.05) is 12.1 Å². The van der Waals surface area contributed by atoms with E-state index in [1.54, 1.807) is 40.4 Å². The van der Waals surface area contributed by atoms with E-state index in [4.69, 9.17) is 0 Å². The highest BCUT2D eigenvalue weighted by Gasteiger charge is 2.23. The van der Waals surface area contributed by atoms with Gasteiger partial charge in [-0.05, 0) is 31.2 Å². The van der Waals surface area contributed by atoms with Crippen LogP contribution in [-0.4, -0.2) is 44.7 Å². The number of aromatic nitrogens is 4. The Balaban J connectivity index is 1.70. The van der Waals surface area contributed by atoms with Gasteiger partial charge in [-0.2, -0.15) is 8.78 Å². The van der Waals surface area contributed by atoms with Crippen LogP contribution in [0.1, 0.15) is 10.4 Å². The van der Waals surface area contributed by atoms with Crippen LogP contribution in [-0.2, 0) is 13.0 Å². The number of hydrogen-bond donors (Lipinski definition) is 0. The summed E-state index contributed by atoms with van der Waals surface area (Å²) in [5.41, 5.74) is 2.39. The fraction of sp³-hybridized carbons (Fsp3) is 0.278. The number of rotatable bonds is 3. The Morgan fingerprint density at radius 1 is 1.26 bits per heavy atom. The van der Waals surface area contributed by atoms with E-state index in [1.165, 1.54) is 16.5 Å². The Bertz CT molecular complexity index is 1160. The molecule has 0 bridgehead atoms. The molecule has 4 aromatic rings. The molecule has 1 aliphatic rings. The maximum Gasteiger partial charge on any atom is 0.387 e. The summed E-state index contributed by atoms with van der Waals surface area (Å²) >= 11 is 1.68. The highest BCUT2D eigenvalue weighted by atomic mass is 32.1. The molecule has 0 saturated carbocycles. The lowest BCUT2D eigenvalue weighted by molar-refractivity contribution is -0.0494. The molecule has 0 aliphatic carbocycles. The van der Waals surface area contributed by atoms with Crippen molar-refractivity contribution in [2.24, 2.45) is 0 Å². The van der Waals surface area contributed by atoms with Crippen molar-refractivity contribution in [1.82, 2.24) is 24.5 Å². The molecule has 0 saturated heterocycles. The van der Waals surface area contributed by atoms with Crippen molar-refractivity contribution in [1.29, 1.82) is 0 Å². The SMILES string of the molecule is CN1CCc2c(sc3ncn4nc(-c5ccccc5OC(F)F)nc4c23)C1. The number of likely N-dealkylation sites (N-methyl/N-ethyl adjacent to an activating group) is 1. The summed E-state index contributed by atoms with van der Waals surface area (Å²) < 4.78 is 31.7. The van der Waals surface area contributed by atoms with E-state index in [2.05, 4.69) is 31.8 Å². The number of para-hydroxylation sites is 1. The van der Waals surface area contributed by atoms with E-state index in [0.717, 1.165) is 29.7 Å². The number of fused-ring (bicyclic) bond motifs is 5.